The lowest BCUT2D eigenvalue weighted by Crippen LogP contribution is -2.17. The summed E-state index contributed by atoms with van der Waals surface area (Å²) in [6.45, 7) is 6.18. The number of rotatable bonds is 4. The van der Waals surface area contributed by atoms with Gasteiger partial charge in [-0.3, -0.25) is 4.90 Å². The van der Waals surface area contributed by atoms with E-state index < -0.39 is 0 Å². The van der Waals surface area contributed by atoms with Crippen LogP contribution in [0.3, 0.4) is 0 Å². The number of hydrogen-bond acceptors (Lipinski definition) is 2. The van der Waals surface area contributed by atoms with E-state index >= 15 is 0 Å². The molecule has 0 saturated carbocycles. The van der Waals surface area contributed by atoms with Crippen molar-refractivity contribution in [3.63, 3.8) is 0 Å². The Balaban J connectivity index is 2.01. The molecule has 2 aromatic carbocycles. The summed E-state index contributed by atoms with van der Waals surface area (Å²) in [4.78, 5) is 2.30. The van der Waals surface area contributed by atoms with Gasteiger partial charge in [-0.15, -0.1) is 0 Å². The van der Waals surface area contributed by atoms with E-state index in [-0.39, 0.29) is 0 Å². The van der Waals surface area contributed by atoms with Gasteiger partial charge in [-0.1, -0.05) is 30.3 Å². The molecule has 2 rings (SSSR count). The van der Waals surface area contributed by atoms with E-state index in [1.54, 1.807) is 0 Å². The Morgan fingerprint density at radius 1 is 0.895 bits per heavy atom. The molecule has 0 heterocycles. The number of hydrogen-bond donors (Lipinski definition) is 1. The second-order valence-electron chi connectivity index (χ2n) is 5.34. The van der Waals surface area contributed by atoms with Crippen LogP contribution in [0.2, 0.25) is 0 Å². The minimum Gasteiger partial charge on any atom is -0.399 e. The molecule has 0 radical (unpaired) electrons. The summed E-state index contributed by atoms with van der Waals surface area (Å²) in [5, 5.41) is 0. The van der Waals surface area contributed by atoms with Crippen molar-refractivity contribution in [3.05, 3.63) is 64.7 Å². The van der Waals surface area contributed by atoms with Crippen molar-refractivity contribution in [1.29, 1.82) is 0 Å². The van der Waals surface area contributed by atoms with Gasteiger partial charge in [0, 0.05) is 18.8 Å². The highest BCUT2D eigenvalue weighted by Gasteiger charge is 2.03. The van der Waals surface area contributed by atoms with Crippen molar-refractivity contribution in [2.24, 2.45) is 0 Å². The van der Waals surface area contributed by atoms with Crippen molar-refractivity contribution in [3.8, 4) is 0 Å². The van der Waals surface area contributed by atoms with Gasteiger partial charge >= 0.3 is 0 Å². The molecule has 0 spiro atoms. The fourth-order valence-electron chi connectivity index (χ4n) is 2.27. The molecule has 0 amide bonds. The lowest BCUT2D eigenvalue weighted by molar-refractivity contribution is 0.319. The Labute approximate surface area is 115 Å². The van der Waals surface area contributed by atoms with Crippen LogP contribution in [0.4, 0.5) is 5.69 Å². The van der Waals surface area contributed by atoms with Crippen LogP contribution in [-0.4, -0.2) is 11.9 Å². The van der Waals surface area contributed by atoms with Crippen molar-refractivity contribution in [2.75, 3.05) is 12.8 Å². The monoisotopic (exact) mass is 254 g/mol. The van der Waals surface area contributed by atoms with E-state index in [1.807, 2.05) is 18.2 Å². The van der Waals surface area contributed by atoms with Gasteiger partial charge in [-0.25, -0.2) is 0 Å². The van der Waals surface area contributed by atoms with Crippen LogP contribution in [0.5, 0.6) is 0 Å². The zero-order valence-corrected chi connectivity index (χ0v) is 12.0. The first-order valence-electron chi connectivity index (χ1n) is 6.63. The first-order chi connectivity index (χ1) is 9.04. The van der Waals surface area contributed by atoms with Crippen LogP contribution < -0.4 is 5.73 Å². The Morgan fingerprint density at radius 3 is 2.21 bits per heavy atom. The fraction of sp³-hybridized carbons (Fsp3) is 0.294. The molecule has 100 valence electrons. The predicted octanol–water partition coefficient (Wildman–Crippen LogP) is 3.52. The van der Waals surface area contributed by atoms with Crippen LogP contribution in [0.15, 0.2) is 42.5 Å². The molecular weight excluding hydrogens is 232 g/mol. The van der Waals surface area contributed by atoms with Crippen molar-refractivity contribution in [2.45, 2.75) is 26.9 Å². The Hall–Kier alpha value is -1.80. The highest BCUT2D eigenvalue weighted by atomic mass is 15.1. The third-order valence-electron chi connectivity index (χ3n) is 3.43. The maximum atomic E-state index is 5.80. The molecule has 2 heteroatoms. The van der Waals surface area contributed by atoms with Crippen LogP contribution in [0.25, 0.3) is 0 Å². The normalized spacial score (nSPS) is 10.9. The fourth-order valence-corrected chi connectivity index (χ4v) is 2.27. The number of anilines is 1. The molecule has 0 aliphatic carbocycles. The minimum atomic E-state index is 0.831. The summed E-state index contributed by atoms with van der Waals surface area (Å²) in [5.41, 5.74) is 12.0. The topological polar surface area (TPSA) is 29.3 Å². The molecule has 2 aromatic rings. The zero-order valence-electron chi connectivity index (χ0n) is 12.0. The maximum Gasteiger partial charge on any atom is 0.0317 e. The van der Waals surface area contributed by atoms with E-state index in [0.717, 1.165) is 18.8 Å². The molecule has 0 atom stereocenters. The Bertz CT molecular complexity index is 561. The highest BCUT2D eigenvalue weighted by molar-refractivity contribution is 5.40. The average Bonchev–Trinajstić information content (AvgIpc) is 2.34. The van der Waals surface area contributed by atoms with Gasteiger partial charge in [0.25, 0.3) is 0 Å². The van der Waals surface area contributed by atoms with Crippen LogP contribution >= 0.6 is 0 Å². The number of nitrogens with two attached hydrogens (primary N) is 1. The number of nitrogen functional groups attached to an aromatic ring is 1. The predicted molar refractivity (Wildman–Crippen MR) is 81.9 cm³/mol. The van der Waals surface area contributed by atoms with Crippen LogP contribution in [-0.2, 0) is 13.1 Å². The van der Waals surface area contributed by atoms with E-state index in [9.17, 15) is 0 Å². The smallest absolute Gasteiger partial charge is 0.0317 e. The summed E-state index contributed by atoms with van der Waals surface area (Å²) < 4.78 is 0. The molecule has 2 nitrogen and oxygen atoms in total. The summed E-state index contributed by atoms with van der Waals surface area (Å²) in [7, 11) is 2.14. The van der Waals surface area contributed by atoms with Gasteiger partial charge in [0.1, 0.15) is 0 Å². The van der Waals surface area contributed by atoms with Gasteiger partial charge in [-0.2, -0.15) is 0 Å². The number of benzene rings is 2. The van der Waals surface area contributed by atoms with Crippen LogP contribution in [0, 0.1) is 13.8 Å². The molecule has 0 aliphatic heterocycles. The van der Waals surface area contributed by atoms with Gasteiger partial charge in [-0.05, 0) is 55.3 Å². The first-order valence-corrected chi connectivity index (χ1v) is 6.63. The Morgan fingerprint density at radius 2 is 1.58 bits per heavy atom. The minimum absolute atomic E-state index is 0.831. The lowest BCUT2D eigenvalue weighted by atomic mass is 10.1. The molecule has 0 unspecified atom stereocenters. The molecule has 0 saturated heterocycles. The van der Waals surface area contributed by atoms with Gasteiger partial charge in [0.2, 0.25) is 0 Å². The summed E-state index contributed by atoms with van der Waals surface area (Å²) in [6, 6.07) is 14.8. The third kappa shape index (κ3) is 3.83. The molecule has 2 N–H and O–H groups in total. The standard InChI is InChI=1S/C17H22N2/c1-13-7-8-16(9-14(13)2)12-19(3)11-15-5-4-6-17(18)10-15/h4-10H,11-12,18H2,1-3H3. The Kier molecular flexibility index (Phi) is 4.23. The first kappa shape index (κ1) is 13.6. The van der Waals surface area contributed by atoms with Crippen molar-refractivity contribution in [1.82, 2.24) is 4.90 Å². The highest BCUT2D eigenvalue weighted by Crippen LogP contribution is 2.14. The molecule has 0 fully saturated rings. The van der Waals surface area contributed by atoms with Crippen LogP contribution in [0.1, 0.15) is 22.3 Å². The summed E-state index contributed by atoms with van der Waals surface area (Å²) in [5.74, 6) is 0. The largest absolute Gasteiger partial charge is 0.399 e. The third-order valence-corrected chi connectivity index (χ3v) is 3.43. The second-order valence-corrected chi connectivity index (χ2v) is 5.34. The van der Waals surface area contributed by atoms with E-state index in [0.29, 0.717) is 0 Å². The van der Waals surface area contributed by atoms with Gasteiger partial charge < -0.3 is 5.73 Å². The maximum absolute atomic E-state index is 5.80. The number of nitrogens with zero attached hydrogens (tertiary/aromatic N) is 1. The van der Waals surface area contributed by atoms with Gasteiger partial charge in [0.05, 0.1) is 0 Å². The average molecular weight is 254 g/mol. The molecule has 19 heavy (non-hydrogen) atoms. The molecule has 0 bridgehead atoms. The summed E-state index contributed by atoms with van der Waals surface area (Å²) >= 11 is 0. The van der Waals surface area contributed by atoms with E-state index in [1.165, 1.54) is 22.3 Å². The second kappa shape index (κ2) is 5.89. The molecule has 0 aromatic heterocycles. The SMILES string of the molecule is Cc1ccc(CN(C)Cc2cccc(N)c2)cc1C. The van der Waals surface area contributed by atoms with E-state index in [2.05, 4.69) is 50.1 Å². The van der Waals surface area contributed by atoms with Crippen molar-refractivity contribution >= 4 is 5.69 Å². The van der Waals surface area contributed by atoms with E-state index in [4.69, 9.17) is 5.73 Å². The quantitative estimate of drug-likeness (QED) is 0.846. The summed E-state index contributed by atoms with van der Waals surface area (Å²) in [6.07, 6.45) is 0. The lowest BCUT2D eigenvalue weighted by Gasteiger charge is -2.17. The molecule has 0 aliphatic rings. The van der Waals surface area contributed by atoms with Crippen molar-refractivity contribution < 1.29 is 0 Å². The number of aryl methyl sites for hydroxylation is 2. The van der Waals surface area contributed by atoms with Gasteiger partial charge in [0.15, 0.2) is 0 Å². The zero-order chi connectivity index (χ0) is 13.8. The molecular formula is C17H22N2.